The van der Waals surface area contributed by atoms with Crippen molar-refractivity contribution in [3.63, 3.8) is 0 Å². The van der Waals surface area contributed by atoms with Gasteiger partial charge in [0.05, 0.1) is 11.3 Å². The van der Waals surface area contributed by atoms with Crippen LogP contribution in [0.5, 0.6) is 0 Å². The Labute approximate surface area is 237 Å². The summed E-state index contributed by atoms with van der Waals surface area (Å²) < 4.78 is 2.53. The smallest absolute Gasteiger partial charge is 0.0872 e. The molecule has 0 aliphatic heterocycles. The Kier molecular flexibility index (Phi) is 6.30. The second-order valence-corrected chi connectivity index (χ2v) is 10.5. The van der Waals surface area contributed by atoms with Crippen LogP contribution < -0.4 is 4.90 Å². The summed E-state index contributed by atoms with van der Waals surface area (Å²) in [6.45, 7) is 0. The van der Waals surface area contributed by atoms with Gasteiger partial charge in [-0.05, 0) is 66.7 Å². The molecule has 0 saturated heterocycles. The lowest BCUT2D eigenvalue weighted by molar-refractivity contribution is 1.28. The third-order valence-corrected chi connectivity index (χ3v) is 8.18. The first kappa shape index (κ1) is 23.9. The number of thiophene rings is 1. The topological polar surface area (TPSA) is 16.1 Å². The predicted octanol–water partition coefficient (Wildman–Crippen LogP) is 9.99. The number of anilines is 3. The van der Waals surface area contributed by atoms with E-state index in [1.165, 1.54) is 20.2 Å². The molecule has 188 valence electrons. The standard InChI is InChI=1S/C37H24N2S/c1-3-12-29(13-4-1)39(30-14-5-2-6-15-30)31-24-21-27(22-25-31)20-23-28-11-10-26-38-36(28)34-18-9-17-33-32-16-7-8-19-35(32)40-37(33)34/h1-19,21-22,24-26H. The van der Waals surface area contributed by atoms with Gasteiger partial charge in [0.25, 0.3) is 0 Å². The molecule has 3 heteroatoms. The molecule has 0 N–H and O–H groups in total. The van der Waals surface area contributed by atoms with Gasteiger partial charge in [0, 0.05) is 54.6 Å². The third kappa shape index (κ3) is 4.52. The van der Waals surface area contributed by atoms with Gasteiger partial charge in [-0.15, -0.1) is 11.3 Å². The normalized spacial score (nSPS) is 10.8. The van der Waals surface area contributed by atoms with E-state index in [4.69, 9.17) is 4.98 Å². The first-order chi connectivity index (χ1) is 19.8. The number of fused-ring (bicyclic) bond motifs is 3. The van der Waals surface area contributed by atoms with Crippen molar-refractivity contribution in [2.24, 2.45) is 0 Å². The summed E-state index contributed by atoms with van der Waals surface area (Å²) in [7, 11) is 0. The van der Waals surface area contributed by atoms with E-state index in [2.05, 4.69) is 138 Å². The van der Waals surface area contributed by atoms with Gasteiger partial charge < -0.3 is 4.90 Å². The van der Waals surface area contributed by atoms with E-state index in [1.54, 1.807) is 0 Å². The number of nitrogens with zero attached hydrogens (tertiary/aromatic N) is 2. The number of para-hydroxylation sites is 2. The highest BCUT2D eigenvalue weighted by Gasteiger charge is 2.14. The molecule has 0 radical (unpaired) electrons. The van der Waals surface area contributed by atoms with Crippen molar-refractivity contribution in [3.8, 4) is 23.1 Å². The fourth-order valence-electron chi connectivity index (χ4n) is 5.09. The van der Waals surface area contributed by atoms with Crippen LogP contribution in [0.2, 0.25) is 0 Å². The molecule has 0 amide bonds. The summed E-state index contributed by atoms with van der Waals surface area (Å²) in [5, 5.41) is 2.55. The molecule has 7 rings (SSSR count). The molecule has 0 aliphatic carbocycles. The van der Waals surface area contributed by atoms with E-state index in [0.717, 1.165) is 39.4 Å². The molecule has 0 unspecified atom stereocenters. The van der Waals surface area contributed by atoms with Crippen LogP contribution in [0, 0.1) is 11.8 Å². The minimum Gasteiger partial charge on any atom is -0.311 e. The quantitative estimate of drug-likeness (QED) is 0.211. The Morgan fingerprint density at radius 1 is 0.525 bits per heavy atom. The molecule has 2 heterocycles. The van der Waals surface area contributed by atoms with Crippen molar-refractivity contribution in [1.82, 2.24) is 4.98 Å². The second-order valence-electron chi connectivity index (χ2n) is 9.48. The average Bonchev–Trinajstić information content (AvgIpc) is 3.41. The Morgan fingerprint density at radius 2 is 1.18 bits per heavy atom. The van der Waals surface area contributed by atoms with Crippen LogP contribution in [0.15, 0.2) is 146 Å². The molecule has 2 aromatic heterocycles. The lowest BCUT2D eigenvalue weighted by Crippen LogP contribution is -2.09. The molecule has 7 aromatic rings. The maximum absolute atomic E-state index is 4.78. The molecule has 0 saturated carbocycles. The fourth-order valence-corrected chi connectivity index (χ4v) is 6.31. The second kappa shape index (κ2) is 10.5. The lowest BCUT2D eigenvalue weighted by atomic mass is 10.0. The van der Waals surface area contributed by atoms with Gasteiger partial charge in [-0.1, -0.05) is 84.6 Å². The highest BCUT2D eigenvalue weighted by Crippen LogP contribution is 2.40. The van der Waals surface area contributed by atoms with Crippen molar-refractivity contribution in [2.45, 2.75) is 0 Å². The molecule has 0 bridgehead atoms. The summed E-state index contributed by atoms with van der Waals surface area (Å²) >= 11 is 1.81. The SMILES string of the molecule is C(#Cc1cccnc1-c1cccc2c1sc1ccccc12)c1ccc(N(c2ccccc2)c2ccccc2)cc1. The van der Waals surface area contributed by atoms with Crippen molar-refractivity contribution in [1.29, 1.82) is 0 Å². The van der Waals surface area contributed by atoms with Crippen molar-refractivity contribution < 1.29 is 0 Å². The maximum atomic E-state index is 4.78. The van der Waals surface area contributed by atoms with Crippen molar-refractivity contribution >= 4 is 48.6 Å². The van der Waals surface area contributed by atoms with Gasteiger partial charge in [0.15, 0.2) is 0 Å². The van der Waals surface area contributed by atoms with E-state index in [9.17, 15) is 0 Å². The number of rotatable bonds is 4. The van der Waals surface area contributed by atoms with Gasteiger partial charge in [0.1, 0.15) is 0 Å². The fraction of sp³-hybridized carbons (Fsp3) is 0. The number of pyridine rings is 1. The Hall–Kier alpha value is -5.17. The number of hydrogen-bond donors (Lipinski definition) is 0. The zero-order valence-corrected chi connectivity index (χ0v) is 22.5. The van der Waals surface area contributed by atoms with E-state index in [1.807, 2.05) is 35.7 Å². The first-order valence-corrected chi connectivity index (χ1v) is 14.0. The average molecular weight is 529 g/mol. The van der Waals surface area contributed by atoms with E-state index in [0.29, 0.717) is 0 Å². The van der Waals surface area contributed by atoms with Crippen LogP contribution >= 0.6 is 11.3 Å². The molecule has 0 fully saturated rings. The zero-order chi connectivity index (χ0) is 26.7. The Balaban J connectivity index is 1.25. The van der Waals surface area contributed by atoms with Crippen LogP contribution in [-0.2, 0) is 0 Å². The summed E-state index contributed by atoms with van der Waals surface area (Å²) in [6, 6.07) is 48.3. The minimum absolute atomic E-state index is 0.920. The maximum Gasteiger partial charge on any atom is 0.0872 e. The predicted molar refractivity (Wildman–Crippen MR) is 170 cm³/mol. The van der Waals surface area contributed by atoms with Gasteiger partial charge in [0.2, 0.25) is 0 Å². The molecule has 5 aromatic carbocycles. The highest BCUT2D eigenvalue weighted by atomic mass is 32.1. The number of aromatic nitrogens is 1. The molecule has 0 spiro atoms. The largest absolute Gasteiger partial charge is 0.311 e. The molecule has 0 atom stereocenters. The molecular formula is C37H24N2S. The lowest BCUT2D eigenvalue weighted by Gasteiger charge is -2.25. The van der Waals surface area contributed by atoms with Crippen LogP contribution in [0.25, 0.3) is 31.4 Å². The molecule has 2 nitrogen and oxygen atoms in total. The summed E-state index contributed by atoms with van der Waals surface area (Å²) in [5.41, 5.74) is 7.24. The summed E-state index contributed by atoms with van der Waals surface area (Å²) in [6.07, 6.45) is 1.85. The highest BCUT2D eigenvalue weighted by molar-refractivity contribution is 7.26. The summed E-state index contributed by atoms with van der Waals surface area (Å²) in [5.74, 6) is 6.80. The van der Waals surface area contributed by atoms with Gasteiger partial charge in [-0.25, -0.2) is 0 Å². The van der Waals surface area contributed by atoms with Crippen LogP contribution in [0.4, 0.5) is 17.1 Å². The van der Waals surface area contributed by atoms with Crippen molar-refractivity contribution in [2.75, 3.05) is 4.90 Å². The van der Waals surface area contributed by atoms with Crippen LogP contribution in [0.3, 0.4) is 0 Å². The van der Waals surface area contributed by atoms with Gasteiger partial charge in [-0.2, -0.15) is 0 Å². The Bertz CT molecular complexity index is 1960. The van der Waals surface area contributed by atoms with Crippen LogP contribution in [0.1, 0.15) is 11.1 Å². The minimum atomic E-state index is 0.920. The molecule has 40 heavy (non-hydrogen) atoms. The third-order valence-electron chi connectivity index (χ3n) is 6.96. The first-order valence-electron chi connectivity index (χ1n) is 13.2. The Morgan fingerprint density at radius 3 is 1.93 bits per heavy atom. The van der Waals surface area contributed by atoms with Gasteiger partial charge in [-0.3, -0.25) is 4.98 Å². The van der Waals surface area contributed by atoms with Crippen molar-refractivity contribution in [3.05, 3.63) is 157 Å². The number of hydrogen-bond acceptors (Lipinski definition) is 3. The monoisotopic (exact) mass is 528 g/mol. The molecule has 0 aliphatic rings. The number of benzene rings is 5. The summed E-state index contributed by atoms with van der Waals surface area (Å²) in [4.78, 5) is 7.04. The van der Waals surface area contributed by atoms with E-state index >= 15 is 0 Å². The van der Waals surface area contributed by atoms with E-state index in [-0.39, 0.29) is 0 Å². The van der Waals surface area contributed by atoms with Gasteiger partial charge >= 0.3 is 0 Å². The molecular weight excluding hydrogens is 504 g/mol. The van der Waals surface area contributed by atoms with Crippen LogP contribution in [-0.4, -0.2) is 4.98 Å². The van der Waals surface area contributed by atoms with E-state index < -0.39 is 0 Å². The zero-order valence-electron chi connectivity index (χ0n) is 21.7.